The van der Waals surface area contributed by atoms with Crippen LogP contribution in [-0.2, 0) is 28.6 Å². The first-order chi connectivity index (χ1) is 13.0. The zero-order valence-corrected chi connectivity index (χ0v) is 17.7. The van der Waals surface area contributed by atoms with Crippen LogP contribution in [0.15, 0.2) is 0 Å². The molecular weight excluding hydrogens is 382 g/mol. The van der Waals surface area contributed by atoms with Crippen molar-refractivity contribution in [3.8, 4) is 0 Å². The Kier molecular flexibility index (Phi) is 4.53. The molecule has 0 aromatic rings. The number of ketones is 1. The fraction of sp³-hybridized carbons (Fsp3) is 0.900. The van der Waals surface area contributed by atoms with Crippen LogP contribution in [0.2, 0.25) is 0 Å². The van der Waals surface area contributed by atoms with Gasteiger partial charge in [0.25, 0.3) is 10.1 Å². The molecule has 7 nitrogen and oxygen atoms in total. The third-order valence-corrected chi connectivity index (χ3v) is 9.89. The van der Waals surface area contributed by atoms with E-state index in [1.165, 1.54) is 0 Å². The third-order valence-electron chi connectivity index (χ3n) is 8.46. The average Bonchev–Trinajstić information content (AvgIpc) is 3.22. The summed E-state index contributed by atoms with van der Waals surface area (Å²) in [6.45, 7) is 6.02. The maximum atomic E-state index is 13.1. The van der Waals surface area contributed by atoms with Crippen LogP contribution >= 0.6 is 0 Å². The van der Waals surface area contributed by atoms with Crippen molar-refractivity contribution < 1.29 is 26.9 Å². The Bertz CT molecular complexity index is 808. The highest BCUT2D eigenvalue weighted by molar-refractivity contribution is 7.86. The zero-order valence-electron chi connectivity index (χ0n) is 16.9. The van der Waals surface area contributed by atoms with Gasteiger partial charge in [-0.25, -0.2) is 0 Å². The molecule has 0 aliphatic heterocycles. The number of carbonyl (C=O) groups excluding carboxylic acids is 2. The summed E-state index contributed by atoms with van der Waals surface area (Å²) in [6, 6.07) is -0.707. The zero-order chi connectivity index (χ0) is 20.5. The van der Waals surface area contributed by atoms with Crippen LogP contribution in [-0.4, -0.2) is 44.2 Å². The third kappa shape index (κ3) is 2.63. The van der Waals surface area contributed by atoms with E-state index in [0.717, 1.165) is 6.42 Å². The highest BCUT2D eigenvalue weighted by Crippen LogP contribution is 2.64. The van der Waals surface area contributed by atoms with Crippen LogP contribution < -0.4 is 5.73 Å². The quantitative estimate of drug-likeness (QED) is 0.522. The number of nitrogens with two attached hydrogens (primary N) is 1. The molecule has 8 heteroatoms. The lowest BCUT2D eigenvalue weighted by atomic mass is 9.70. The Morgan fingerprint density at radius 3 is 2.54 bits per heavy atom. The Labute approximate surface area is 166 Å². The summed E-state index contributed by atoms with van der Waals surface area (Å²) in [5, 5.41) is 0. The lowest BCUT2D eigenvalue weighted by Crippen LogP contribution is -2.54. The lowest BCUT2D eigenvalue weighted by Gasteiger charge is -2.39. The number of rotatable bonds is 6. The summed E-state index contributed by atoms with van der Waals surface area (Å²) in [5.74, 6) is -0.905. The van der Waals surface area contributed by atoms with Gasteiger partial charge < -0.3 is 10.5 Å². The van der Waals surface area contributed by atoms with Crippen molar-refractivity contribution >= 4 is 21.9 Å². The topological polar surface area (TPSA) is 113 Å². The van der Waals surface area contributed by atoms with Crippen LogP contribution in [0.4, 0.5) is 0 Å². The first-order valence-electron chi connectivity index (χ1n) is 10.4. The largest absolute Gasteiger partial charge is 0.466 e. The van der Waals surface area contributed by atoms with Gasteiger partial charge in [-0.05, 0) is 56.3 Å². The van der Waals surface area contributed by atoms with Gasteiger partial charge in [0, 0.05) is 12.5 Å². The number of carbonyl (C=O) groups is 2. The number of hydrogen-bond acceptors (Lipinski definition) is 7. The van der Waals surface area contributed by atoms with Crippen LogP contribution in [0.5, 0.6) is 0 Å². The molecule has 4 rings (SSSR count). The predicted octanol–water partition coefficient (Wildman–Crippen LogP) is 1.79. The number of Topliss-reactive ketones (excluding diaryl/α,β-unsaturated/α-hetero) is 1. The van der Waals surface area contributed by atoms with Crippen LogP contribution in [0, 0.1) is 28.6 Å². The molecular formula is C20H31NO6S. The van der Waals surface area contributed by atoms with Crippen molar-refractivity contribution in [3.63, 3.8) is 0 Å². The highest BCUT2D eigenvalue weighted by atomic mass is 32.2. The molecule has 0 heterocycles. The van der Waals surface area contributed by atoms with E-state index in [0.29, 0.717) is 32.1 Å². The molecule has 0 saturated heterocycles. The molecule has 4 aliphatic rings. The van der Waals surface area contributed by atoms with E-state index in [9.17, 15) is 18.0 Å². The van der Waals surface area contributed by atoms with Crippen LogP contribution in [0.25, 0.3) is 0 Å². The average molecular weight is 414 g/mol. The van der Waals surface area contributed by atoms with E-state index in [2.05, 4.69) is 0 Å². The first-order valence-corrected chi connectivity index (χ1v) is 11.9. The van der Waals surface area contributed by atoms with Crippen molar-refractivity contribution in [3.05, 3.63) is 0 Å². The standard InChI is InChI=1S/C20H31NO6S/c1-4-26-17(23)15-12-5-8-20(10-12,16(15)21)27-28(24,25)11-19-7-6-13(9-14(19)22)18(19,2)3/h12-13,15-16H,4-11,21H2,1-3H3/t12-,13-,15+,16-,19+,20+/m0/s1. The molecule has 0 spiro atoms. The van der Waals surface area contributed by atoms with E-state index in [1.54, 1.807) is 6.92 Å². The molecule has 4 fully saturated rings. The fourth-order valence-corrected chi connectivity index (χ4v) is 8.82. The maximum absolute atomic E-state index is 13.1. The second kappa shape index (κ2) is 6.25. The molecule has 2 N–H and O–H groups in total. The molecule has 4 bridgehead atoms. The Morgan fingerprint density at radius 2 is 1.96 bits per heavy atom. The van der Waals surface area contributed by atoms with Crippen molar-refractivity contribution in [2.24, 2.45) is 34.3 Å². The minimum Gasteiger partial charge on any atom is -0.466 e. The second-order valence-corrected chi connectivity index (χ2v) is 11.4. The number of ether oxygens (including phenoxy) is 1. The van der Waals surface area contributed by atoms with Gasteiger partial charge in [-0.2, -0.15) is 8.42 Å². The Hall–Kier alpha value is -0.990. The molecule has 0 amide bonds. The Balaban J connectivity index is 1.56. The van der Waals surface area contributed by atoms with E-state index < -0.39 is 33.1 Å². The molecule has 158 valence electrons. The molecule has 0 radical (unpaired) electrons. The predicted molar refractivity (Wildman–Crippen MR) is 102 cm³/mol. The van der Waals surface area contributed by atoms with Crippen LogP contribution in [0.1, 0.15) is 59.3 Å². The summed E-state index contributed by atoms with van der Waals surface area (Å²) >= 11 is 0. The normalized spacial score (nSPS) is 43.6. The molecule has 4 aliphatic carbocycles. The maximum Gasteiger partial charge on any atom is 0.310 e. The van der Waals surface area contributed by atoms with Crippen molar-refractivity contribution in [1.29, 1.82) is 0 Å². The van der Waals surface area contributed by atoms with E-state index in [-0.39, 0.29) is 41.4 Å². The minimum atomic E-state index is -3.99. The second-order valence-electron chi connectivity index (χ2n) is 9.82. The summed E-state index contributed by atoms with van der Waals surface area (Å²) in [7, 11) is -3.99. The van der Waals surface area contributed by atoms with Gasteiger partial charge in [0.05, 0.1) is 23.7 Å². The summed E-state index contributed by atoms with van der Waals surface area (Å²) in [4.78, 5) is 25.0. The van der Waals surface area contributed by atoms with Gasteiger partial charge in [-0.3, -0.25) is 13.8 Å². The molecule has 0 aromatic carbocycles. The number of hydrogen-bond donors (Lipinski definition) is 1. The van der Waals surface area contributed by atoms with E-state index in [4.69, 9.17) is 14.7 Å². The van der Waals surface area contributed by atoms with Gasteiger partial charge in [0.1, 0.15) is 11.4 Å². The number of esters is 1. The van der Waals surface area contributed by atoms with Gasteiger partial charge in [-0.1, -0.05) is 13.8 Å². The molecule has 4 saturated carbocycles. The van der Waals surface area contributed by atoms with Crippen molar-refractivity contribution in [2.75, 3.05) is 12.4 Å². The lowest BCUT2D eigenvalue weighted by molar-refractivity contribution is -0.151. The number of fused-ring (bicyclic) bond motifs is 4. The van der Waals surface area contributed by atoms with Gasteiger partial charge >= 0.3 is 5.97 Å². The monoisotopic (exact) mass is 413 g/mol. The summed E-state index contributed by atoms with van der Waals surface area (Å²) < 4.78 is 37.2. The highest BCUT2D eigenvalue weighted by Gasteiger charge is 2.67. The summed E-state index contributed by atoms with van der Waals surface area (Å²) in [6.07, 6.45) is 3.60. The van der Waals surface area contributed by atoms with E-state index in [1.807, 2.05) is 13.8 Å². The smallest absolute Gasteiger partial charge is 0.310 e. The van der Waals surface area contributed by atoms with Crippen molar-refractivity contribution in [1.82, 2.24) is 0 Å². The minimum absolute atomic E-state index is 0.0113. The van der Waals surface area contributed by atoms with Gasteiger partial charge in [-0.15, -0.1) is 0 Å². The molecule has 0 aromatic heterocycles. The fourth-order valence-electron chi connectivity index (χ4n) is 6.71. The van der Waals surface area contributed by atoms with Crippen molar-refractivity contribution in [2.45, 2.75) is 70.9 Å². The Morgan fingerprint density at radius 1 is 1.25 bits per heavy atom. The summed E-state index contributed by atoms with van der Waals surface area (Å²) in [5.41, 5.74) is 4.08. The van der Waals surface area contributed by atoms with Gasteiger partial charge in [0.15, 0.2) is 0 Å². The first kappa shape index (κ1) is 20.3. The van der Waals surface area contributed by atoms with E-state index >= 15 is 0 Å². The van der Waals surface area contributed by atoms with Crippen LogP contribution in [0.3, 0.4) is 0 Å². The molecule has 0 unspecified atom stereocenters. The molecule has 28 heavy (non-hydrogen) atoms. The molecule has 6 atom stereocenters. The SMILES string of the molecule is CCOC(=O)[C@@H]1[C@H]2CC[C@@](OS(=O)(=O)C[C@]34CC[C@@H](CC3=O)C4(C)C)(C2)[C@H]1N. The van der Waals surface area contributed by atoms with Gasteiger partial charge in [0.2, 0.25) is 0 Å².